The van der Waals surface area contributed by atoms with E-state index in [4.69, 9.17) is 27.7 Å². The maximum atomic E-state index is 13.6. The van der Waals surface area contributed by atoms with Gasteiger partial charge < -0.3 is 9.42 Å². The van der Waals surface area contributed by atoms with Gasteiger partial charge in [-0.05, 0) is 48.9 Å². The van der Waals surface area contributed by atoms with Crippen LogP contribution in [-0.4, -0.2) is 22.6 Å². The van der Waals surface area contributed by atoms with E-state index in [-0.39, 0.29) is 29.1 Å². The Morgan fingerprint density at radius 2 is 1.96 bits per heavy atom. The monoisotopic (exact) mass is 405 g/mol. The number of carbonyl (C=O) groups excluding carboxylic acids is 1. The Kier molecular flexibility index (Phi) is 4.61. The lowest BCUT2D eigenvalue weighted by Gasteiger charge is -2.17. The maximum Gasteiger partial charge on any atom is 0.232 e. The van der Waals surface area contributed by atoms with Crippen LogP contribution in [0.1, 0.15) is 23.8 Å². The van der Waals surface area contributed by atoms with Crippen molar-refractivity contribution in [2.24, 2.45) is 0 Å². The Hall–Kier alpha value is -2.44. The Labute approximate surface area is 164 Å². The first-order valence-electron chi connectivity index (χ1n) is 8.28. The molecule has 1 saturated heterocycles. The van der Waals surface area contributed by atoms with Gasteiger partial charge in [-0.1, -0.05) is 28.4 Å². The third-order valence-corrected chi connectivity index (χ3v) is 5.28. The molecule has 1 atom stereocenters. The van der Waals surface area contributed by atoms with Crippen molar-refractivity contribution >= 4 is 34.8 Å². The van der Waals surface area contributed by atoms with Crippen molar-refractivity contribution in [3.8, 4) is 11.4 Å². The summed E-state index contributed by atoms with van der Waals surface area (Å²) in [5.41, 5.74) is 2.14. The average Bonchev–Trinajstić information content (AvgIpc) is 3.27. The van der Waals surface area contributed by atoms with Gasteiger partial charge in [-0.15, -0.1) is 0 Å². The second kappa shape index (κ2) is 6.94. The number of hydrogen-bond donors (Lipinski definition) is 0. The van der Waals surface area contributed by atoms with Gasteiger partial charge in [0, 0.05) is 29.2 Å². The Morgan fingerprint density at radius 1 is 1.19 bits per heavy atom. The number of aromatic nitrogens is 2. The first-order chi connectivity index (χ1) is 12.9. The highest BCUT2D eigenvalue weighted by Gasteiger charge is 2.35. The molecule has 0 radical (unpaired) electrons. The first kappa shape index (κ1) is 17.9. The summed E-state index contributed by atoms with van der Waals surface area (Å²) < 4.78 is 19.0. The quantitative estimate of drug-likeness (QED) is 0.614. The Balaban J connectivity index is 1.56. The van der Waals surface area contributed by atoms with Gasteiger partial charge >= 0.3 is 0 Å². The van der Waals surface area contributed by atoms with Crippen LogP contribution in [0.5, 0.6) is 0 Å². The largest absolute Gasteiger partial charge is 0.339 e. The second-order valence-corrected chi connectivity index (χ2v) is 7.24. The molecule has 1 fully saturated rings. The second-order valence-electron chi connectivity index (χ2n) is 6.42. The number of rotatable bonds is 3. The zero-order chi connectivity index (χ0) is 19.1. The van der Waals surface area contributed by atoms with Crippen molar-refractivity contribution in [2.45, 2.75) is 19.3 Å². The molecule has 1 aromatic heterocycles. The summed E-state index contributed by atoms with van der Waals surface area (Å²) in [6, 6.07) is 9.75. The van der Waals surface area contributed by atoms with Gasteiger partial charge in [0.05, 0.1) is 10.9 Å². The van der Waals surface area contributed by atoms with E-state index in [0.717, 1.165) is 11.3 Å². The molecule has 4 rings (SSSR count). The summed E-state index contributed by atoms with van der Waals surface area (Å²) in [6.07, 6.45) is 0.262. The third-order valence-electron chi connectivity index (χ3n) is 4.55. The fraction of sp³-hybridized carbons (Fsp3) is 0.211. The van der Waals surface area contributed by atoms with Crippen LogP contribution in [0.25, 0.3) is 11.4 Å². The van der Waals surface area contributed by atoms with Crippen LogP contribution in [0.4, 0.5) is 10.1 Å². The highest BCUT2D eigenvalue weighted by Crippen LogP contribution is 2.33. The summed E-state index contributed by atoms with van der Waals surface area (Å²) >= 11 is 11.8. The minimum Gasteiger partial charge on any atom is -0.339 e. The van der Waals surface area contributed by atoms with E-state index >= 15 is 0 Å². The fourth-order valence-electron chi connectivity index (χ4n) is 3.07. The van der Waals surface area contributed by atoms with Gasteiger partial charge in [0.1, 0.15) is 5.82 Å². The molecule has 5 nitrogen and oxygen atoms in total. The molecular weight excluding hydrogens is 392 g/mol. The van der Waals surface area contributed by atoms with E-state index < -0.39 is 5.82 Å². The summed E-state index contributed by atoms with van der Waals surface area (Å²) in [6.45, 7) is 2.32. The average molecular weight is 406 g/mol. The zero-order valence-corrected chi connectivity index (χ0v) is 15.8. The fourth-order valence-corrected chi connectivity index (χ4v) is 3.31. The number of carbonyl (C=O) groups is 1. The number of anilines is 1. The van der Waals surface area contributed by atoms with E-state index in [1.54, 1.807) is 17.0 Å². The van der Waals surface area contributed by atoms with Crippen molar-refractivity contribution in [3.63, 3.8) is 0 Å². The molecule has 0 bridgehead atoms. The van der Waals surface area contributed by atoms with E-state index in [1.165, 1.54) is 12.1 Å². The van der Waals surface area contributed by atoms with Gasteiger partial charge in [0.25, 0.3) is 0 Å². The molecule has 3 aromatic rings. The van der Waals surface area contributed by atoms with Gasteiger partial charge in [-0.3, -0.25) is 4.79 Å². The van der Waals surface area contributed by atoms with Crippen molar-refractivity contribution in [2.75, 3.05) is 11.4 Å². The van der Waals surface area contributed by atoms with E-state index in [2.05, 4.69) is 10.1 Å². The molecule has 0 saturated carbocycles. The van der Waals surface area contributed by atoms with Gasteiger partial charge in [-0.25, -0.2) is 4.39 Å². The molecule has 1 aliphatic heterocycles. The molecule has 2 aromatic carbocycles. The van der Waals surface area contributed by atoms with Crippen LogP contribution < -0.4 is 4.90 Å². The van der Waals surface area contributed by atoms with Crippen molar-refractivity contribution < 1.29 is 13.7 Å². The molecule has 1 unspecified atom stereocenters. The SMILES string of the molecule is Cc1cc(N2CC(c3nc(-c4ccc(Cl)c(F)c4)no3)CC2=O)ccc1Cl. The Morgan fingerprint density at radius 3 is 2.70 bits per heavy atom. The van der Waals surface area contributed by atoms with Crippen LogP contribution in [-0.2, 0) is 4.79 Å². The van der Waals surface area contributed by atoms with Crippen molar-refractivity contribution in [1.29, 1.82) is 0 Å². The minimum absolute atomic E-state index is 0.0257. The summed E-state index contributed by atoms with van der Waals surface area (Å²) in [5.74, 6) is -0.206. The number of halogens is 3. The van der Waals surface area contributed by atoms with Crippen LogP contribution in [0.15, 0.2) is 40.9 Å². The highest BCUT2D eigenvalue weighted by molar-refractivity contribution is 6.31. The number of hydrogen-bond acceptors (Lipinski definition) is 4. The number of benzene rings is 2. The van der Waals surface area contributed by atoms with Crippen LogP contribution in [0.2, 0.25) is 10.0 Å². The smallest absolute Gasteiger partial charge is 0.232 e. The topological polar surface area (TPSA) is 59.2 Å². The van der Waals surface area contributed by atoms with Gasteiger partial charge in [-0.2, -0.15) is 4.98 Å². The predicted octanol–water partition coefficient (Wildman–Crippen LogP) is 5.01. The highest BCUT2D eigenvalue weighted by atomic mass is 35.5. The van der Waals surface area contributed by atoms with E-state index in [1.807, 2.05) is 19.1 Å². The molecule has 8 heteroatoms. The van der Waals surface area contributed by atoms with Crippen molar-refractivity contribution in [3.05, 3.63) is 63.7 Å². The molecule has 27 heavy (non-hydrogen) atoms. The van der Waals surface area contributed by atoms with Gasteiger partial charge in [0.15, 0.2) is 0 Å². The molecule has 1 amide bonds. The van der Waals surface area contributed by atoms with Gasteiger partial charge in [0.2, 0.25) is 17.6 Å². The standard InChI is InChI=1S/C19H14Cl2FN3O2/c1-10-6-13(3-5-14(10)20)25-9-12(8-17(25)26)19-23-18(24-27-19)11-2-4-15(21)16(22)7-11/h2-7,12H,8-9H2,1H3. The third kappa shape index (κ3) is 3.42. The molecule has 2 heterocycles. The molecule has 0 N–H and O–H groups in total. The summed E-state index contributed by atoms with van der Waals surface area (Å²) in [7, 11) is 0. The summed E-state index contributed by atoms with van der Waals surface area (Å²) in [5, 5.41) is 4.58. The number of amides is 1. The maximum absolute atomic E-state index is 13.6. The Bertz CT molecular complexity index is 1040. The number of aryl methyl sites for hydroxylation is 1. The van der Waals surface area contributed by atoms with Crippen LogP contribution in [0, 0.1) is 12.7 Å². The molecule has 0 spiro atoms. The zero-order valence-electron chi connectivity index (χ0n) is 14.2. The van der Waals surface area contributed by atoms with E-state index in [9.17, 15) is 9.18 Å². The van der Waals surface area contributed by atoms with Crippen LogP contribution in [0.3, 0.4) is 0 Å². The summed E-state index contributed by atoms with van der Waals surface area (Å²) in [4.78, 5) is 18.5. The molecule has 0 aliphatic carbocycles. The first-order valence-corrected chi connectivity index (χ1v) is 9.03. The van der Waals surface area contributed by atoms with E-state index in [0.29, 0.717) is 23.0 Å². The molecule has 1 aliphatic rings. The van der Waals surface area contributed by atoms with Crippen LogP contribution >= 0.6 is 23.2 Å². The minimum atomic E-state index is -0.555. The normalized spacial score (nSPS) is 17.0. The predicted molar refractivity (Wildman–Crippen MR) is 101 cm³/mol. The number of nitrogens with zero attached hydrogens (tertiary/aromatic N) is 3. The molecule has 138 valence electrons. The molecular formula is C19H14Cl2FN3O2. The lowest BCUT2D eigenvalue weighted by atomic mass is 10.1. The van der Waals surface area contributed by atoms with Crippen molar-refractivity contribution in [1.82, 2.24) is 10.1 Å². The lowest BCUT2D eigenvalue weighted by Crippen LogP contribution is -2.24. The lowest BCUT2D eigenvalue weighted by molar-refractivity contribution is -0.117.